The molecule has 0 saturated carbocycles. The monoisotopic (exact) mass is 259 g/mol. The maximum absolute atomic E-state index is 5.30. The lowest BCUT2D eigenvalue weighted by Gasteiger charge is -2.09. The van der Waals surface area contributed by atoms with E-state index in [-0.39, 0.29) is 0 Å². The molecule has 19 heavy (non-hydrogen) atoms. The van der Waals surface area contributed by atoms with Crippen molar-refractivity contribution in [3.63, 3.8) is 0 Å². The van der Waals surface area contributed by atoms with Crippen molar-refractivity contribution in [3.05, 3.63) is 47.6 Å². The molecule has 1 aromatic carbocycles. The molecular weight excluding hydrogens is 234 g/mol. The lowest BCUT2D eigenvalue weighted by Crippen LogP contribution is -2.01. The molecule has 0 aliphatic heterocycles. The van der Waals surface area contributed by atoms with Gasteiger partial charge in [0.1, 0.15) is 5.75 Å². The van der Waals surface area contributed by atoms with E-state index in [0.29, 0.717) is 0 Å². The molecule has 2 nitrogen and oxygen atoms in total. The maximum atomic E-state index is 5.30. The molecule has 0 bridgehead atoms. The van der Waals surface area contributed by atoms with Gasteiger partial charge in [0.15, 0.2) is 0 Å². The minimum atomic E-state index is 0.834. The smallest absolute Gasteiger partial charge is 0.141 e. The van der Waals surface area contributed by atoms with E-state index >= 15 is 0 Å². The van der Waals surface area contributed by atoms with Crippen molar-refractivity contribution in [1.82, 2.24) is 0 Å². The molecule has 0 aromatic heterocycles. The van der Waals surface area contributed by atoms with Crippen molar-refractivity contribution in [3.8, 4) is 5.75 Å². The van der Waals surface area contributed by atoms with Gasteiger partial charge in [0.25, 0.3) is 0 Å². The van der Waals surface area contributed by atoms with E-state index in [9.17, 15) is 0 Å². The summed E-state index contributed by atoms with van der Waals surface area (Å²) < 4.78 is 5.30. The fraction of sp³-hybridized carbons (Fsp3) is 0.412. The molecule has 0 atom stereocenters. The van der Waals surface area contributed by atoms with E-state index < -0.39 is 0 Å². The van der Waals surface area contributed by atoms with Crippen molar-refractivity contribution in [2.45, 2.75) is 33.6 Å². The molecule has 1 aromatic rings. The van der Waals surface area contributed by atoms with Crippen LogP contribution >= 0.6 is 0 Å². The van der Waals surface area contributed by atoms with Crippen LogP contribution in [0.4, 0.5) is 5.69 Å². The summed E-state index contributed by atoms with van der Waals surface area (Å²) in [5.74, 6) is 0.887. The molecule has 0 spiro atoms. The highest BCUT2D eigenvalue weighted by molar-refractivity contribution is 5.56. The first-order valence-electron chi connectivity index (χ1n) is 6.79. The predicted molar refractivity (Wildman–Crippen MR) is 83.9 cm³/mol. The van der Waals surface area contributed by atoms with Crippen LogP contribution in [-0.2, 0) is 0 Å². The normalized spacial score (nSPS) is 11.1. The lowest BCUT2D eigenvalue weighted by molar-refractivity contribution is 0.416. The van der Waals surface area contributed by atoms with Crippen molar-refractivity contribution in [2.24, 2.45) is 0 Å². The number of ether oxygens (including phenoxy) is 1. The average molecular weight is 259 g/mol. The van der Waals surface area contributed by atoms with Crippen LogP contribution in [0.15, 0.2) is 47.6 Å². The molecule has 0 amide bonds. The van der Waals surface area contributed by atoms with Crippen LogP contribution in [-0.4, -0.2) is 13.7 Å². The highest BCUT2D eigenvalue weighted by atomic mass is 16.5. The fourth-order valence-corrected chi connectivity index (χ4v) is 1.82. The summed E-state index contributed by atoms with van der Waals surface area (Å²) in [6, 6.07) is 7.99. The summed E-state index contributed by atoms with van der Waals surface area (Å²) >= 11 is 0. The zero-order valence-electron chi connectivity index (χ0n) is 12.5. The molecule has 0 unspecified atom stereocenters. The number of methoxy groups -OCH3 is 1. The molecule has 0 aliphatic rings. The van der Waals surface area contributed by atoms with Gasteiger partial charge in [-0.1, -0.05) is 35.4 Å². The second-order valence-corrected chi connectivity index (χ2v) is 4.95. The van der Waals surface area contributed by atoms with Crippen LogP contribution in [0.2, 0.25) is 0 Å². The minimum absolute atomic E-state index is 0.834. The van der Waals surface area contributed by atoms with Crippen molar-refractivity contribution >= 4 is 5.69 Å². The summed E-state index contributed by atoms with van der Waals surface area (Å²) in [5.41, 5.74) is 3.85. The Hall–Kier alpha value is -1.70. The van der Waals surface area contributed by atoms with Crippen LogP contribution in [0.5, 0.6) is 5.75 Å². The Bertz CT molecular complexity index is 442. The van der Waals surface area contributed by atoms with Crippen LogP contribution in [0.3, 0.4) is 0 Å². The van der Waals surface area contributed by atoms with Gasteiger partial charge in [0.2, 0.25) is 0 Å². The first-order valence-corrected chi connectivity index (χ1v) is 6.79. The molecule has 104 valence electrons. The molecule has 2 heteroatoms. The Labute approximate surface area is 117 Å². The second kappa shape index (κ2) is 8.41. The standard InChI is InChI=1S/C17H25NO/c1-14(2)8-7-9-15(3)12-13-18-16-10-5-6-11-17(16)19-4/h5-6,8,10-12,18H,7,9,13H2,1-4H3/b15-12+. The number of anilines is 1. The fourth-order valence-electron chi connectivity index (χ4n) is 1.82. The third kappa shape index (κ3) is 6.14. The molecule has 0 aliphatic carbocycles. The Balaban J connectivity index is 2.42. The summed E-state index contributed by atoms with van der Waals surface area (Å²) in [7, 11) is 1.70. The number of hydrogen-bond acceptors (Lipinski definition) is 2. The van der Waals surface area contributed by atoms with E-state index in [4.69, 9.17) is 4.74 Å². The molecule has 0 heterocycles. The molecule has 0 saturated heterocycles. The second-order valence-electron chi connectivity index (χ2n) is 4.95. The Morgan fingerprint density at radius 2 is 1.89 bits per heavy atom. The van der Waals surface area contributed by atoms with Gasteiger partial charge in [-0.25, -0.2) is 0 Å². The number of rotatable bonds is 7. The maximum Gasteiger partial charge on any atom is 0.141 e. The highest BCUT2D eigenvalue weighted by Crippen LogP contribution is 2.22. The summed E-state index contributed by atoms with van der Waals surface area (Å²) in [4.78, 5) is 0. The van der Waals surface area contributed by atoms with Crippen LogP contribution < -0.4 is 10.1 Å². The molecule has 1 N–H and O–H groups in total. The average Bonchev–Trinajstić information content (AvgIpc) is 2.39. The van der Waals surface area contributed by atoms with E-state index in [2.05, 4.69) is 38.2 Å². The number of allylic oxidation sites excluding steroid dienone is 3. The summed E-state index contributed by atoms with van der Waals surface area (Å²) in [6.07, 6.45) is 6.77. The highest BCUT2D eigenvalue weighted by Gasteiger charge is 1.98. The van der Waals surface area contributed by atoms with Crippen LogP contribution in [0.1, 0.15) is 33.6 Å². The van der Waals surface area contributed by atoms with Gasteiger partial charge >= 0.3 is 0 Å². The molecule has 1 rings (SSSR count). The lowest BCUT2D eigenvalue weighted by atomic mass is 10.1. The van der Waals surface area contributed by atoms with Gasteiger partial charge in [0, 0.05) is 6.54 Å². The van der Waals surface area contributed by atoms with E-state index in [1.165, 1.54) is 11.1 Å². The van der Waals surface area contributed by atoms with Gasteiger partial charge in [-0.2, -0.15) is 0 Å². The van der Waals surface area contributed by atoms with E-state index in [0.717, 1.165) is 30.8 Å². The van der Waals surface area contributed by atoms with Gasteiger partial charge in [-0.05, 0) is 45.7 Å². The van der Waals surface area contributed by atoms with E-state index in [1.54, 1.807) is 7.11 Å². The number of nitrogens with one attached hydrogen (secondary N) is 1. The molecule has 0 fully saturated rings. The minimum Gasteiger partial charge on any atom is -0.495 e. The van der Waals surface area contributed by atoms with Gasteiger partial charge in [-0.15, -0.1) is 0 Å². The topological polar surface area (TPSA) is 21.3 Å². The Morgan fingerprint density at radius 3 is 2.58 bits per heavy atom. The summed E-state index contributed by atoms with van der Waals surface area (Å²) in [5, 5.41) is 3.38. The first-order chi connectivity index (χ1) is 9.13. The van der Waals surface area contributed by atoms with Gasteiger partial charge < -0.3 is 10.1 Å². The number of para-hydroxylation sites is 2. The zero-order chi connectivity index (χ0) is 14.1. The third-order valence-corrected chi connectivity index (χ3v) is 2.94. The number of benzene rings is 1. The quantitative estimate of drug-likeness (QED) is 0.710. The Kier molecular flexibility index (Phi) is 6.80. The largest absolute Gasteiger partial charge is 0.495 e. The molecule has 0 radical (unpaired) electrons. The van der Waals surface area contributed by atoms with Gasteiger partial charge in [0.05, 0.1) is 12.8 Å². The van der Waals surface area contributed by atoms with Crippen LogP contribution in [0.25, 0.3) is 0 Å². The first kappa shape index (κ1) is 15.4. The third-order valence-electron chi connectivity index (χ3n) is 2.94. The summed E-state index contributed by atoms with van der Waals surface area (Å²) in [6.45, 7) is 7.30. The van der Waals surface area contributed by atoms with Crippen molar-refractivity contribution in [2.75, 3.05) is 19.0 Å². The van der Waals surface area contributed by atoms with Crippen molar-refractivity contribution in [1.29, 1.82) is 0 Å². The van der Waals surface area contributed by atoms with Crippen LogP contribution in [0, 0.1) is 0 Å². The van der Waals surface area contributed by atoms with E-state index in [1.807, 2.05) is 24.3 Å². The SMILES string of the molecule is COc1ccccc1NC/C=C(\C)CCC=C(C)C. The Morgan fingerprint density at radius 1 is 1.16 bits per heavy atom. The number of hydrogen-bond donors (Lipinski definition) is 1. The predicted octanol–water partition coefficient (Wildman–Crippen LogP) is 4.80. The molecular formula is C17H25NO. The van der Waals surface area contributed by atoms with Crippen molar-refractivity contribution < 1.29 is 4.74 Å². The zero-order valence-corrected chi connectivity index (χ0v) is 12.5. The van der Waals surface area contributed by atoms with Gasteiger partial charge in [-0.3, -0.25) is 0 Å².